The van der Waals surface area contributed by atoms with Crippen LogP contribution in [-0.2, 0) is 4.79 Å². The van der Waals surface area contributed by atoms with Gasteiger partial charge in [-0.3, -0.25) is 19.8 Å². The SMILES string of the molecule is COc1cc([N+](=O)[O-])cc(C=C2SC(=S)N(C3CCCCC3)C2=O)c1O. The molecule has 1 saturated heterocycles. The van der Waals surface area contributed by atoms with Crippen LogP contribution in [0.15, 0.2) is 17.0 Å². The summed E-state index contributed by atoms with van der Waals surface area (Å²) in [5, 5.41) is 21.4. The molecule has 1 saturated carbocycles. The van der Waals surface area contributed by atoms with Crippen LogP contribution in [0.2, 0.25) is 0 Å². The number of carbonyl (C=O) groups excluding carboxylic acids is 1. The molecule has 9 heteroatoms. The van der Waals surface area contributed by atoms with Crippen molar-refractivity contribution in [1.29, 1.82) is 0 Å². The standard InChI is InChI=1S/C17H18N2O5S2/c1-24-13-9-12(19(22)23)7-10(15(13)20)8-14-16(21)18(17(25)26-14)11-5-3-2-4-6-11/h7-9,11,20H,2-6H2,1H3. The summed E-state index contributed by atoms with van der Waals surface area (Å²) in [4.78, 5) is 25.3. The molecule has 0 aromatic heterocycles. The largest absolute Gasteiger partial charge is 0.504 e. The van der Waals surface area contributed by atoms with Gasteiger partial charge in [-0.25, -0.2) is 0 Å². The molecule has 1 aliphatic heterocycles. The number of aromatic hydroxyl groups is 1. The molecule has 1 aromatic rings. The van der Waals surface area contributed by atoms with Crippen molar-refractivity contribution in [1.82, 2.24) is 4.90 Å². The number of thioether (sulfide) groups is 1. The van der Waals surface area contributed by atoms with Crippen LogP contribution >= 0.6 is 24.0 Å². The van der Waals surface area contributed by atoms with E-state index in [-0.39, 0.29) is 34.7 Å². The minimum absolute atomic E-state index is 0.0202. The summed E-state index contributed by atoms with van der Waals surface area (Å²) in [6, 6.07) is 2.46. The number of nitrogens with zero attached hydrogens (tertiary/aromatic N) is 2. The maximum Gasteiger partial charge on any atom is 0.274 e. The Morgan fingerprint density at radius 1 is 1.38 bits per heavy atom. The Morgan fingerprint density at radius 2 is 2.08 bits per heavy atom. The summed E-state index contributed by atoms with van der Waals surface area (Å²) in [5.41, 5.74) is -0.0751. The molecule has 3 rings (SSSR count). The van der Waals surface area contributed by atoms with Gasteiger partial charge in [-0.2, -0.15) is 0 Å². The minimum atomic E-state index is -0.577. The molecule has 7 nitrogen and oxygen atoms in total. The van der Waals surface area contributed by atoms with Gasteiger partial charge in [0.2, 0.25) is 0 Å². The first kappa shape index (κ1) is 18.7. The van der Waals surface area contributed by atoms with Gasteiger partial charge >= 0.3 is 0 Å². The molecule has 1 heterocycles. The number of ether oxygens (including phenoxy) is 1. The van der Waals surface area contributed by atoms with Crippen molar-refractivity contribution in [3.05, 3.63) is 32.7 Å². The minimum Gasteiger partial charge on any atom is -0.504 e. The van der Waals surface area contributed by atoms with Gasteiger partial charge in [0.25, 0.3) is 11.6 Å². The number of thiocarbonyl (C=S) groups is 1. The number of hydrogen-bond donors (Lipinski definition) is 1. The van der Waals surface area contributed by atoms with Gasteiger partial charge in [-0.15, -0.1) is 0 Å². The van der Waals surface area contributed by atoms with Crippen molar-refractivity contribution in [2.45, 2.75) is 38.1 Å². The fourth-order valence-electron chi connectivity index (χ4n) is 3.26. The van der Waals surface area contributed by atoms with Gasteiger partial charge in [-0.05, 0) is 18.9 Å². The lowest BCUT2D eigenvalue weighted by atomic mass is 9.94. The molecule has 0 spiro atoms. The lowest BCUT2D eigenvalue weighted by Gasteiger charge is -2.29. The van der Waals surface area contributed by atoms with Crippen LogP contribution in [0.3, 0.4) is 0 Å². The molecule has 138 valence electrons. The van der Waals surface area contributed by atoms with E-state index in [2.05, 4.69) is 0 Å². The van der Waals surface area contributed by atoms with Gasteiger partial charge in [-0.1, -0.05) is 43.2 Å². The molecule has 1 N–H and O–H groups in total. The first-order chi connectivity index (χ1) is 12.4. The highest BCUT2D eigenvalue weighted by Gasteiger charge is 2.37. The van der Waals surface area contributed by atoms with E-state index in [1.165, 1.54) is 25.7 Å². The molecular weight excluding hydrogens is 376 g/mol. The fraction of sp³-hybridized carbons (Fsp3) is 0.412. The van der Waals surface area contributed by atoms with Crippen molar-refractivity contribution in [3.63, 3.8) is 0 Å². The maximum atomic E-state index is 12.8. The normalized spacial score (nSPS) is 20.0. The quantitative estimate of drug-likeness (QED) is 0.359. The van der Waals surface area contributed by atoms with Crippen LogP contribution < -0.4 is 4.74 Å². The average Bonchev–Trinajstić information content (AvgIpc) is 2.90. The topological polar surface area (TPSA) is 92.9 Å². The number of non-ortho nitro benzene ring substituents is 1. The summed E-state index contributed by atoms with van der Waals surface area (Å²) in [6.07, 6.45) is 6.61. The first-order valence-electron chi connectivity index (χ1n) is 8.25. The number of phenols is 1. The number of amides is 1. The van der Waals surface area contributed by atoms with E-state index in [0.717, 1.165) is 43.5 Å². The van der Waals surface area contributed by atoms with Crippen molar-refractivity contribution in [2.75, 3.05) is 7.11 Å². The average molecular weight is 394 g/mol. The second kappa shape index (κ2) is 7.63. The molecule has 2 aliphatic rings. The van der Waals surface area contributed by atoms with Crippen molar-refractivity contribution in [3.8, 4) is 11.5 Å². The Labute approximate surface area is 160 Å². The number of methoxy groups -OCH3 is 1. The van der Waals surface area contributed by atoms with Gasteiger partial charge in [0.1, 0.15) is 4.32 Å². The smallest absolute Gasteiger partial charge is 0.274 e. The molecule has 0 radical (unpaired) electrons. The number of hydrogen-bond acceptors (Lipinski definition) is 7. The molecule has 1 aliphatic carbocycles. The highest BCUT2D eigenvalue weighted by Crippen LogP contribution is 2.41. The van der Waals surface area contributed by atoms with E-state index < -0.39 is 4.92 Å². The van der Waals surface area contributed by atoms with Gasteiger partial charge in [0.05, 0.1) is 23.0 Å². The highest BCUT2D eigenvalue weighted by molar-refractivity contribution is 8.26. The number of phenolic OH excluding ortho intramolecular Hbond substituents is 1. The second-order valence-corrected chi connectivity index (χ2v) is 7.86. The van der Waals surface area contributed by atoms with E-state index in [4.69, 9.17) is 17.0 Å². The van der Waals surface area contributed by atoms with E-state index in [1.807, 2.05) is 0 Å². The van der Waals surface area contributed by atoms with Crippen LogP contribution in [0.25, 0.3) is 6.08 Å². The zero-order chi connectivity index (χ0) is 18.8. The van der Waals surface area contributed by atoms with Crippen molar-refractivity contribution in [2.24, 2.45) is 0 Å². The molecule has 26 heavy (non-hydrogen) atoms. The van der Waals surface area contributed by atoms with E-state index >= 15 is 0 Å². The van der Waals surface area contributed by atoms with Gasteiger partial charge in [0, 0.05) is 17.7 Å². The van der Waals surface area contributed by atoms with Crippen LogP contribution in [-0.4, -0.2) is 38.3 Å². The Bertz CT molecular complexity index is 803. The highest BCUT2D eigenvalue weighted by atomic mass is 32.2. The Hall–Kier alpha value is -2.13. The van der Waals surface area contributed by atoms with Crippen molar-refractivity contribution < 1.29 is 19.6 Å². The monoisotopic (exact) mass is 394 g/mol. The summed E-state index contributed by atoms with van der Waals surface area (Å²) in [7, 11) is 1.31. The zero-order valence-corrected chi connectivity index (χ0v) is 15.8. The van der Waals surface area contributed by atoms with Gasteiger partial charge in [0.15, 0.2) is 11.5 Å². The summed E-state index contributed by atoms with van der Waals surface area (Å²) in [6.45, 7) is 0. The lowest BCUT2D eigenvalue weighted by Crippen LogP contribution is -2.39. The molecule has 0 bridgehead atoms. The fourth-order valence-corrected chi connectivity index (χ4v) is 4.65. The third-order valence-corrected chi connectivity index (χ3v) is 5.90. The number of carbonyl (C=O) groups is 1. The van der Waals surface area contributed by atoms with Gasteiger partial charge < -0.3 is 9.84 Å². The third kappa shape index (κ3) is 3.54. The molecular formula is C17H18N2O5S2. The Morgan fingerprint density at radius 3 is 2.69 bits per heavy atom. The Balaban J connectivity index is 1.95. The molecule has 0 unspecified atom stereocenters. The first-order valence-corrected chi connectivity index (χ1v) is 9.47. The molecule has 0 atom stereocenters. The number of benzene rings is 1. The summed E-state index contributed by atoms with van der Waals surface area (Å²) >= 11 is 6.53. The number of nitro benzene ring substituents is 1. The van der Waals surface area contributed by atoms with Crippen molar-refractivity contribution >= 4 is 46.0 Å². The molecule has 2 fully saturated rings. The van der Waals surface area contributed by atoms with Crippen LogP contribution in [0.4, 0.5) is 5.69 Å². The maximum absolute atomic E-state index is 12.8. The second-order valence-electron chi connectivity index (χ2n) is 6.19. The summed E-state index contributed by atoms with van der Waals surface area (Å²) < 4.78 is 5.48. The third-order valence-electron chi connectivity index (χ3n) is 4.57. The predicted octanol–water partition coefficient (Wildman–Crippen LogP) is 3.84. The number of nitro groups is 1. The van der Waals surface area contributed by atoms with Crippen LogP contribution in [0, 0.1) is 10.1 Å². The molecule has 1 amide bonds. The predicted molar refractivity (Wildman–Crippen MR) is 103 cm³/mol. The van der Waals surface area contributed by atoms with E-state index in [9.17, 15) is 20.0 Å². The van der Waals surface area contributed by atoms with Crippen LogP contribution in [0.5, 0.6) is 11.5 Å². The summed E-state index contributed by atoms with van der Waals surface area (Å²) in [5.74, 6) is -0.481. The lowest BCUT2D eigenvalue weighted by molar-refractivity contribution is -0.385. The van der Waals surface area contributed by atoms with E-state index in [0.29, 0.717) is 9.23 Å². The van der Waals surface area contributed by atoms with E-state index in [1.54, 1.807) is 4.90 Å². The Kier molecular flexibility index (Phi) is 5.47. The zero-order valence-electron chi connectivity index (χ0n) is 14.1. The molecule has 1 aromatic carbocycles. The van der Waals surface area contributed by atoms with Crippen LogP contribution in [0.1, 0.15) is 37.7 Å². The number of rotatable bonds is 4.